The van der Waals surface area contributed by atoms with Crippen molar-refractivity contribution in [2.75, 3.05) is 5.32 Å². The average Bonchev–Trinajstić information content (AvgIpc) is 2.57. The maximum absolute atomic E-state index is 6.07. The maximum Gasteiger partial charge on any atom is 0.207 e. The molecule has 0 aliphatic heterocycles. The van der Waals surface area contributed by atoms with Gasteiger partial charge in [-0.25, -0.2) is 4.98 Å². The highest BCUT2D eigenvalue weighted by Crippen LogP contribution is 2.27. The lowest BCUT2D eigenvalue weighted by atomic mass is 10.3. The predicted molar refractivity (Wildman–Crippen MR) is 65.6 cm³/mol. The van der Waals surface area contributed by atoms with E-state index in [2.05, 4.69) is 26.2 Å². The number of nitrogens with one attached hydrogen (secondary N) is 1. The molecule has 15 heavy (non-hydrogen) atoms. The van der Waals surface area contributed by atoms with Gasteiger partial charge in [-0.3, -0.25) is 0 Å². The Balaban J connectivity index is 2.29. The van der Waals surface area contributed by atoms with Crippen molar-refractivity contribution in [3.63, 3.8) is 0 Å². The summed E-state index contributed by atoms with van der Waals surface area (Å²) in [6, 6.07) is 5.67. The molecular weight excluding hydrogens is 277 g/mol. The molecule has 1 N–H and O–H groups in total. The Hall–Kier alpha value is -1.000. The smallest absolute Gasteiger partial charge is 0.207 e. The molecule has 1 aromatic heterocycles. The van der Waals surface area contributed by atoms with Crippen LogP contribution in [0.2, 0.25) is 5.02 Å². The molecule has 0 radical (unpaired) electrons. The van der Waals surface area contributed by atoms with Crippen molar-refractivity contribution in [1.29, 1.82) is 0 Å². The number of imidazole rings is 1. The first kappa shape index (κ1) is 10.5. The Kier molecular flexibility index (Phi) is 2.98. The molecule has 0 unspecified atom stereocenters. The number of aryl methyl sites for hydroxylation is 1. The quantitative estimate of drug-likeness (QED) is 0.914. The minimum absolute atomic E-state index is 0.660. The van der Waals surface area contributed by atoms with E-state index in [-0.39, 0.29) is 0 Å². The minimum Gasteiger partial charge on any atom is -0.324 e. The fourth-order valence-corrected chi connectivity index (χ4v) is 1.92. The van der Waals surface area contributed by atoms with Gasteiger partial charge in [0, 0.05) is 23.9 Å². The topological polar surface area (TPSA) is 29.9 Å². The van der Waals surface area contributed by atoms with Crippen molar-refractivity contribution in [3.8, 4) is 0 Å². The fraction of sp³-hybridized carbons (Fsp3) is 0.100. The molecule has 0 bridgehead atoms. The standard InChI is InChI=1S/C10H9BrClN3/c1-15-5-4-13-10(15)14-9-3-2-7(11)6-8(9)12/h2-6H,1H3,(H,13,14). The summed E-state index contributed by atoms with van der Waals surface area (Å²) in [7, 11) is 1.92. The van der Waals surface area contributed by atoms with Gasteiger partial charge in [-0.1, -0.05) is 27.5 Å². The zero-order valence-electron chi connectivity index (χ0n) is 8.04. The molecular formula is C10H9BrClN3. The molecule has 0 amide bonds. The maximum atomic E-state index is 6.07. The van der Waals surface area contributed by atoms with Crippen LogP contribution in [0.3, 0.4) is 0 Å². The third-order valence-electron chi connectivity index (χ3n) is 2.00. The number of anilines is 2. The number of rotatable bonds is 2. The Labute approximate surface area is 101 Å². The second kappa shape index (κ2) is 4.24. The third-order valence-corrected chi connectivity index (χ3v) is 2.80. The van der Waals surface area contributed by atoms with E-state index < -0.39 is 0 Å². The lowest BCUT2D eigenvalue weighted by Crippen LogP contribution is -1.98. The summed E-state index contributed by atoms with van der Waals surface area (Å²) >= 11 is 9.42. The highest BCUT2D eigenvalue weighted by Gasteiger charge is 2.03. The lowest BCUT2D eigenvalue weighted by Gasteiger charge is -2.07. The van der Waals surface area contributed by atoms with E-state index in [1.807, 2.05) is 36.0 Å². The Morgan fingerprint density at radius 3 is 2.87 bits per heavy atom. The second-order valence-electron chi connectivity index (χ2n) is 3.11. The van der Waals surface area contributed by atoms with Gasteiger partial charge in [0.05, 0.1) is 10.7 Å². The van der Waals surface area contributed by atoms with Crippen molar-refractivity contribution in [2.45, 2.75) is 0 Å². The summed E-state index contributed by atoms with van der Waals surface area (Å²) in [6.07, 6.45) is 3.60. The van der Waals surface area contributed by atoms with Crippen molar-refractivity contribution >= 4 is 39.2 Å². The van der Waals surface area contributed by atoms with Gasteiger partial charge in [0.15, 0.2) is 0 Å². The summed E-state index contributed by atoms with van der Waals surface area (Å²) in [5.74, 6) is 0.763. The molecule has 1 heterocycles. The molecule has 0 aliphatic carbocycles. The number of aromatic nitrogens is 2. The molecule has 0 aliphatic rings. The highest BCUT2D eigenvalue weighted by molar-refractivity contribution is 9.10. The predicted octanol–water partition coefficient (Wildman–Crippen LogP) is 3.58. The summed E-state index contributed by atoms with van der Waals surface area (Å²) in [6.45, 7) is 0. The van der Waals surface area contributed by atoms with Crippen LogP contribution in [-0.4, -0.2) is 9.55 Å². The molecule has 5 heteroatoms. The third kappa shape index (κ3) is 2.33. The number of benzene rings is 1. The van der Waals surface area contributed by atoms with Crippen LogP contribution >= 0.6 is 27.5 Å². The second-order valence-corrected chi connectivity index (χ2v) is 4.43. The van der Waals surface area contributed by atoms with E-state index in [4.69, 9.17) is 11.6 Å². The lowest BCUT2D eigenvalue weighted by molar-refractivity contribution is 0.924. The number of hydrogen-bond donors (Lipinski definition) is 1. The van der Waals surface area contributed by atoms with Gasteiger partial charge in [-0.2, -0.15) is 0 Å². The van der Waals surface area contributed by atoms with Crippen LogP contribution in [0.4, 0.5) is 11.6 Å². The average molecular weight is 287 g/mol. The molecule has 0 fully saturated rings. The van der Waals surface area contributed by atoms with Gasteiger partial charge < -0.3 is 9.88 Å². The largest absolute Gasteiger partial charge is 0.324 e. The van der Waals surface area contributed by atoms with Gasteiger partial charge >= 0.3 is 0 Å². The summed E-state index contributed by atoms with van der Waals surface area (Å²) in [5.41, 5.74) is 0.842. The first-order valence-electron chi connectivity index (χ1n) is 4.36. The molecule has 2 rings (SSSR count). The monoisotopic (exact) mass is 285 g/mol. The van der Waals surface area contributed by atoms with Gasteiger partial charge in [0.25, 0.3) is 0 Å². The van der Waals surface area contributed by atoms with Crippen LogP contribution in [0.25, 0.3) is 0 Å². The Bertz CT molecular complexity index is 481. The molecule has 1 aromatic carbocycles. The zero-order valence-corrected chi connectivity index (χ0v) is 10.4. The number of hydrogen-bond acceptors (Lipinski definition) is 2. The van der Waals surface area contributed by atoms with Gasteiger partial charge in [0.1, 0.15) is 0 Å². The number of halogens is 2. The van der Waals surface area contributed by atoms with Crippen molar-refractivity contribution in [1.82, 2.24) is 9.55 Å². The number of nitrogens with zero attached hydrogens (tertiary/aromatic N) is 2. The molecule has 0 spiro atoms. The van der Waals surface area contributed by atoms with Crippen LogP contribution in [-0.2, 0) is 7.05 Å². The van der Waals surface area contributed by atoms with E-state index in [0.717, 1.165) is 16.1 Å². The van der Waals surface area contributed by atoms with Crippen LogP contribution in [0.5, 0.6) is 0 Å². The Morgan fingerprint density at radius 2 is 2.27 bits per heavy atom. The van der Waals surface area contributed by atoms with E-state index in [0.29, 0.717) is 5.02 Å². The summed E-state index contributed by atoms with van der Waals surface area (Å²) in [4.78, 5) is 4.16. The van der Waals surface area contributed by atoms with E-state index in [1.165, 1.54) is 0 Å². The molecule has 0 saturated carbocycles. The molecule has 3 nitrogen and oxygen atoms in total. The zero-order chi connectivity index (χ0) is 10.8. The fourth-order valence-electron chi connectivity index (χ4n) is 1.20. The van der Waals surface area contributed by atoms with Crippen molar-refractivity contribution in [2.24, 2.45) is 7.05 Å². The van der Waals surface area contributed by atoms with Crippen LogP contribution < -0.4 is 5.32 Å². The van der Waals surface area contributed by atoms with E-state index in [1.54, 1.807) is 6.20 Å². The normalized spacial score (nSPS) is 10.3. The summed E-state index contributed by atoms with van der Waals surface area (Å²) in [5, 5.41) is 3.81. The van der Waals surface area contributed by atoms with Crippen LogP contribution in [0.15, 0.2) is 35.1 Å². The summed E-state index contributed by atoms with van der Waals surface area (Å²) < 4.78 is 2.84. The first-order valence-corrected chi connectivity index (χ1v) is 5.53. The van der Waals surface area contributed by atoms with E-state index >= 15 is 0 Å². The van der Waals surface area contributed by atoms with Crippen molar-refractivity contribution < 1.29 is 0 Å². The molecule has 0 atom stereocenters. The van der Waals surface area contributed by atoms with Gasteiger partial charge in [-0.05, 0) is 18.2 Å². The van der Waals surface area contributed by atoms with Crippen LogP contribution in [0.1, 0.15) is 0 Å². The minimum atomic E-state index is 0.660. The van der Waals surface area contributed by atoms with E-state index in [9.17, 15) is 0 Å². The van der Waals surface area contributed by atoms with Crippen molar-refractivity contribution in [3.05, 3.63) is 40.1 Å². The van der Waals surface area contributed by atoms with Gasteiger partial charge in [0.2, 0.25) is 5.95 Å². The molecule has 0 saturated heterocycles. The first-order chi connectivity index (χ1) is 7.16. The highest BCUT2D eigenvalue weighted by atomic mass is 79.9. The Morgan fingerprint density at radius 1 is 1.47 bits per heavy atom. The van der Waals surface area contributed by atoms with Crippen LogP contribution in [0, 0.1) is 0 Å². The molecule has 78 valence electrons. The van der Waals surface area contributed by atoms with Gasteiger partial charge in [-0.15, -0.1) is 0 Å². The SMILES string of the molecule is Cn1ccnc1Nc1ccc(Br)cc1Cl. The molecule has 2 aromatic rings.